The van der Waals surface area contributed by atoms with Crippen molar-refractivity contribution < 1.29 is 4.74 Å². The Bertz CT molecular complexity index is 279. The molecule has 4 nitrogen and oxygen atoms in total. The summed E-state index contributed by atoms with van der Waals surface area (Å²) < 4.78 is 13.0. The Balaban J connectivity index is 2.60. The molecule has 1 aromatic heterocycles. The van der Waals surface area contributed by atoms with Gasteiger partial charge in [-0.1, -0.05) is 25.4 Å². The Kier molecular flexibility index (Phi) is 4.57. The van der Waals surface area contributed by atoms with Gasteiger partial charge in [-0.25, -0.2) is 0 Å². The minimum absolute atomic E-state index is 0.210. The van der Waals surface area contributed by atoms with E-state index >= 15 is 0 Å². The first-order valence-electron chi connectivity index (χ1n) is 4.38. The monoisotopic (exact) mass is 235 g/mol. The number of halogens is 1. The van der Waals surface area contributed by atoms with Crippen LogP contribution in [-0.4, -0.2) is 28.5 Å². The van der Waals surface area contributed by atoms with Crippen molar-refractivity contribution in [3.63, 3.8) is 0 Å². The van der Waals surface area contributed by atoms with Crippen molar-refractivity contribution in [3.05, 3.63) is 5.15 Å². The molecule has 14 heavy (non-hydrogen) atoms. The third kappa shape index (κ3) is 3.08. The van der Waals surface area contributed by atoms with Crippen molar-refractivity contribution in [3.8, 4) is 0 Å². The van der Waals surface area contributed by atoms with Crippen molar-refractivity contribution in [2.24, 2.45) is 5.92 Å². The van der Waals surface area contributed by atoms with E-state index in [0.29, 0.717) is 23.5 Å². The fourth-order valence-electron chi connectivity index (χ4n) is 1.02. The molecule has 1 N–H and O–H groups in total. The second-order valence-corrected chi connectivity index (χ2v) is 4.24. The number of hydrogen-bond donors (Lipinski definition) is 1. The summed E-state index contributed by atoms with van der Waals surface area (Å²) in [6.07, 6.45) is 0. The third-order valence-electron chi connectivity index (χ3n) is 1.92. The first kappa shape index (κ1) is 11.7. The summed E-state index contributed by atoms with van der Waals surface area (Å²) in [6, 6.07) is 0.210. The van der Waals surface area contributed by atoms with Crippen LogP contribution in [0.3, 0.4) is 0 Å². The van der Waals surface area contributed by atoms with Crippen molar-refractivity contribution in [1.29, 1.82) is 0 Å². The minimum atomic E-state index is 0.210. The summed E-state index contributed by atoms with van der Waals surface area (Å²) >= 11 is 6.92. The van der Waals surface area contributed by atoms with Gasteiger partial charge in [0.15, 0.2) is 11.0 Å². The lowest BCUT2D eigenvalue weighted by Gasteiger charge is -2.20. The molecule has 0 fully saturated rings. The van der Waals surface area contributed by atoms with E-state index < -0.39 is 0 Å². The van der Waals surface area contributed by atoms with E-state index in [4.69, 9.17) is 16.3 Å². The molecule has 0 radical (unpaired) electrons. The van der Waals surface area contributed by atoms with E-state index in [1.807, 2.05) is 0 Å². The zero-order valence-electron chi connectivity index (χ0n) is 8.45. The minimum Gasteiger partial charge on any atom is -0.383 e. The van der Waals surface area contributed by atoms with Crippen LogP contribution in [0.2, 0.25) is 5.15 Å². The van der Waals surface area contributed by atoms with Gasteiger partial charge in [-0.05, 0) is 5.92 Å². The Labute approximate surface area is 92.9 Å². The van der Waals surface area contributed by atoms with Gasteiger partial charge < -0.3 is 10.1 Å². The highest BCUT2D eigenvalue weighted by atomic mass is 35.5. The lowest BCUT2D eigenvalue weighted by molar-refractivity contribution is 0.171. The quantitative estimate of drug-likeness (QED) is 0.851. The molecule has 0 bridgehead atoms. The molecule has 0 aliphatic carbocycles. The molecule has 0 saturated carbocycles. The van der Waals surface area contributed by atoms with Crippen LogP contribution in [0.15, 0.2) is 0 Å². The molecule has 0 aliphatic rings. The Morgan fingerprint density at radius 3 is 2.64 bits per heavy atom. The van der Waals surface area contributed by atoms with Gasteiger partial charge in [0.05, 0.1) is 24.4 Å². The van der Waals surface area contributed by atoms with Crippen molar-refractivity contribution in [2.75, 3.05) is 19.0 Å². The zero-order valence-corrected chi connectivity index (χ0v) is 10.0. The molecule has 1 unspecified atom stereocenters. The van der Waals surface area contributed by atoms with E-state index in [1.165, 1.54) is 0 Å². The summed E-state index contributed by atoms with van der Waals surface area (Å²) in [4.78, 5) is 0. The van der Waals surface area contributed by atoms with E-state index in [1.54, 1.807) is 7.11 Å². The van der Waals surface area contributed by atoms with Crippen LogP contribution in [0.4, 0.5) is 5.82 Å². The van der Waals surface area contributed by atoms with Crippen LogP contribution in [0.1, 0.15) is 13.8 Å². The lowest BCUT2D eigenvalue weighted by Crippen LogP contribution is -2.30. The zero-order chi connectivity index (χ0) is 10.6. The van der Waals surface area contributed by atoms with E-state index in [2.05, 4.69) is 27.9 Å². The number of ether oxygens (including phenoxy) is 1. The SMILES string of the molecule is COCC(Nc1nsnc1Cl)C(C)C. The van der Waals surface area contributed by atoms with Gasteiger partial charge in [0, 0.05) is 7.11 Å². The Hall–Kier alpha value is -0.390. The molecule has 6 heteroatoms. The van der Waals surface area contributed by atoms with Gasteiger partial charge in [0.25, 0.3) is 0 Å². The van der Waals surface area contributed by atoms with E-state index in [-0.39, 0.29) is 6.04 Å². The number of methoxy groups -OCH3 is 1. The summed E-state index contributed by atoms with van der Waals surface area (Å²) in [5.74, 6) is 1.10. The maximum Gasteiger partial charge on any atom is 0.186 e. The van der Waals surface area contributed by atoms with Crippen molar-refractivity contribution in [2.45, 2.75) is 19.9 Å². The molecule has 1 aromatic rings. The molecular formula is C8H14ClN3OS. The normalized spacial score (nSPS) is 13.2. The molecule has 0 saturated heterocycles. The van der Waals surface area contributed by atoms with Crippen LogP contribution >= 0.6 is 23.3 Å². The van der Waals surface area contributed by atoms with Gasteiger partial charge in [-0.15, -0.1) is 0 Å². The Morgan fingerprint density at radius 1 is 1.50 bits per heavy atom. The molecule has 0 aliphatic heterocycles. The molecule has 0 amide bonds. The summed E-state index contributed by atoms with van der Waals surface area (Å²) in [7, 11) is 1.68. The number of rotatable bonds is 5. The highest BCUT2D eigenvalue weighted by Gasteiger charge is 2.16. The molecule has 1 atom stereocenters. The van der Waals surface area contributed by atoms with Gasteiger partial charge in [-0.2, -0.15) is 8.75 Å². The molecule has 0 aromatic carbocycles. The maximum absolute atomic E-state index is 5.82. The average molecular weight is 236 g/mol. The number of aromatic nitrogens is 2. The first-order chi connectivity index (χ1) is 6.65. The second-order valence-electron chi connectivity index (χ2n) is 3.35. The number of anilines is 1. The summed E-state index contributed by atoms with van der Waals surface area (Å²) in [6.45, 7) is 4.86. The van der Waals surface area contributed by atoms with Gasteiger partial charge >= 0.3 is 0 Å². The molecule has 1 heterocycles. The van der Waals surface area contributed by atoms with E-state index in [9.17, 15) is 0 Å². The second kappa shape index (κ2) is 5.48. The topological polar surface area (TPSA) is 47.0 Å². The average Bonchev–Trinajstić information content (AvgIpc) is 2.51. The van der Waals surface area contributed by atoms with E-state index in [0.717, 1.165) is 11.7 Å². The van der Waals surface area contributed by atoms with Crippen LogP contribution < -0.4 is 5.32 Å². The van der Waals surface area contributed by atoms with Crippen LogP contribution in [-0.2, 0) is 4.74 Å². The van der Waals surface area contributed by atoms with Crippen LogP contribution in [0.25, 0.3) is 0 Å². The fourth-order valence-corrected chi connectivity index (χ4v) is 1.68. The van der Waals surface area contributed by atoms with Crippen LogP contribution in [0.5, 0.6) is 0 Å². The molecular weight excluding hydrogens is 222 g/mol. The largest absolute Gasteiger partial charge is 0.383 e. The third-order valence-corrected chi connectivity index (χ3v) is 2.81. The standard InChI is InChI=1S/C8H14ClN3OS/c1-5(2)6(4-13-3)10-8-7(9)11-14-12-8/h5-6H,4H2,1-3H3,(H,10,12). The van der Waals surface area contributed by atoms with Gasteiger partial charge in [-0.3, -0.25) is 0 Å². The number of hydrogen-bond acceptors (Lipinski definition) is 5. The highest BCUT2D eigenvalue weighted by molar-refractivity contribution is 6.99. The first-order valence-corrected chi connectivity index (χ1v) is 5.49. The predicted octanol–water partition coefficient (Wildman–Crippen LogP) is 2.27. The molecule has 80 valence electrons. The predicted molar refractivity (Wildman–Crippen MR) is 59.0 cm³/mol. The fraction of sp³-hybridized carbons (Fsp3) is 0.750. The smallest absolute Gasteiger partial charge is 0.186 e. The van der Waals surface area contributed by atoms with Crippen LogP contribution in [0, 0.1) is 5.92 Å². The van der Waals surface area contributed by atoms with Gasteiger partial charge in [0.1, 0.15) is 0 Å². The number of nitrogens with zero attached hydrogens (tertiary/aromatic N) is 2. The maximum atomic E-state index is 5.82. The van der Waals surface area contributed by atoms with Gasteiger partial charge in [0.2, 0.25) is 0 Å². The highest BCUT2D eigenvalue weighted by Crippen LogP contribution is 2.20. The summed E-state index contributed by atoms with van der Waals surface area (Å²) in [5, 5.41) is 3.64. The molecule has 1 rings (SSSR count). The van der Waals surface area contributed by atoms with Crippen molar-refractivity contribution in [1.82, 2.24) is 8.75 Å². The Morgan fingerprint density at radius 2 is 2.21 bits per heavy atom. The number of nitrogens with one attached hydrogen (secondary N) is 1. The summed E-state index contributed by atoms with van der Waals surface area (Å²) in [5.41, 5.74) is 0. The van der Waals surface area contributed by atoms with Crippen molar-refractivity contribution >= 4 is 29.1 Å². The lowest BCUT2D eigenvalue weighted by atomic mass is 10.1. The molecule has 0 spiro atoms.